The summed E-state index contributed by atoms with van der Waals surface area (Å²) in [4.78, 5) is 0. The molecule has 15 heavy (non-hydrogen) atoms. The van der Waals surface area contributed by atoms with Crippen LogP contribution in [0.2, 0.25) is 0 Å². The van der Waals surface area contributed by atoms with E-state index in [-0.39, 0.29) is 6.10 Å². The van der Waals surface area contributed by atoms with Gasteiger partial charge in [0.05, 0.1) is 18.8 Å². The van der Waals surface area contributed by atoms with E-state index in [4.69, 9.17) is 9.47 Å². The predicted octanol–water partition coefficient (Wildman–Crippen LogP) is 0.542. The largest absolute Gasteiger partial charge is 0.391 e. The van der Waals surface area contributed by atoms with Gasteiger partial charge < -0.3 is 19.9 Å². The average molecular weight is 217 g/mol. The van der Waals surface area contributed by atoms with Gasteiger partial charge in [-0.05, 0) is 38.8 Å². The summed E-state index contributed by atoms with van der Waals surface area (Å²) in [5.74, 6) is 0. The molecular weight excluding hydrogens is 194 g/mol. The van der Waals surface area contributed by atoms with Gasteiger partial charge in [0.1, 0.15) is 0 Å². The highest BCUT2D eigenvalue weighted by Crippen LogP contribution is 2.14. The van der Waals surface area contributed by atoms with E-state index < -0.39 is 0 Å². The van der Waals surface area contributed by atoms with Crippen LogP contribution in [0, 0.1) is 0 Å². The molecule has 0 radical (unpaired) electrons. The molecule has 0 spiro atoms. The van der Waals surface area contributed by atoms with Crippen LogP contribution in [0.3, 0.4) is 0 Å². The number of aliphatic hydroxyl groups excluding tert-OH is 1. The number of aliphatic hydroxyl groups is 1. The molecule has 90 valence electrons. The molecule has 1 aliphatic heterocycles. The highest BCUT2D eigenvalue weighted by Gasteiger charge is 2.14. The first-order chi connectivity index (χ1) is 7.33. The summed E-state index contributed by atoms with van der Waals surface area (Å²) in [5, 5.41) is 12.7. The van der Waals surface area contributed by atoms with Gasteiger partial charge in [0.2, 0.25) is 0 Å². The maximum Gasteiger partial charge on any atom is 0.0785 e. The van der Waals surface area contributed by atoms with Crippen molar-refractivity contribution in [1.82, 2.24) is 5.32 Å². The Labute approximate surface area is 92.0 Å². The molecule has 1 fully saturated rings. The van der Waals surface area contributed by atoms with Crippen molar-refractivity contribution in [2.75, 3.05) is 33.4 Å². The van der Waals surface area contributed by atoms with Gasteiger partial charge in [-0.1, -0.05) is 0 Å². The van der Waals surface area contributed by atoms with Crippen LogP contribution in [0.4, 0.5) is 0 Å². The first-order valence-electron chi connectivity index (χ1n) is 5.82. The van der Waals surface area contributed by atoms with E-state index in [9.17, 15) is 5.11 Å². The minimum atomic E-state index is -0.342. The minimum absolute atomic E-state index is 0.342. The lowest BCUT2D eigenvalue weighted by atomic mass is 10.2. The van der Waals surface area contributed by atoms with Crippen LogP contribution >= 0.6 is 0 Å². The first kappa shape index (κ1) is 12.9. The number of hydrogen-bond acceptors (Lipinski definition) is 4. The summed E-state index contributed by atoms with van der Waals surface area (Å²) in [6.07, 6.45) is 4.36. The van der Waals surface area contributed by atoms with E-state index in [2.05, 4.69) is 5.32 Å². The Morgan fingerprint density at radius 2 is 2.40 bits per heavy atom. The molecule has 0 saturated carbocycles. The van der Waals surface area contributed by atoms with Gasteiger partial charge in [0, 0.05) is 13.7 Å². The smallest absolute Gasteiger partial charge is 0.0785 e. The SMILES string of the molecule is COCC(O)CCNCCC1CCCO1. The highest BCUT2D eigenvalue weighted by atomic mass is 16.5. The Balaban J connectivity index is 1.84. The van der Waals surface area contributed by atoms with Crippen molar-refractivity contribution < 1.29 is 14.6 Å². The third-order valence-corrected chi connectivity index (χ3v) is 2.68. The van der Waals surface area contributed by atoms with Crippen molar-refractivity contribution in [3.05, 3.63) is 0 Å². The molecule has 2 unspecified atom stereocenters. The Bertz CT molecular complexity index is 149. The van der Waals surface area contributed by atoms with Crippen LogP contribution in [-0.4, -0.2) is 50.7 Å². The lowest BCUT2D eigenvalue weighted by Gasteiger charge is -2.12. The monoisotopic (exact) mass is 217 g/mol. The Morgan fingerprint density at radius 1 is 1.53 bits per heavy atom. The summed E-state index contributed by atoms with van der Waals surface area (Å²) in [6, 6.07) is 0. The Morgan fingerprint density at radius 3 is 3.07 bits per heavy atom. The molecule has 2 N–H and O–H groups in total. The third-order valence-electron chi connectivity index (χ3n) is 2.68. The van der Waals surface area contributed by atoms with E-state index in [1.165, 1.54) is 12.8 Å². The molecule has 1 heterocycles. The minimum Gasteiger partial charge on any atom is -0.391 e. The summed E-state index contributed by atoms with van der Waals surface area (Å²) >= 11 is 0. The average Bonchev–Trinajstić information content (AvgIpc) is 2.70. The fourth-order valence-electron chi connectivity index (χ4n) is 1.80. The summed E-state index contributed by atoms with van der Waals surface area (Å²) in [7, 11) is 1.61. The maximum atomic E-state index is 9.37. The molecular formula is C11H23NO3. The van der Waals surface area contributed by atoms with Crippen LogP contribution < -0.4 is 5.32 Å². The molecule has 0 amide bonds. The molecule has 2 atom stereocenters. The van der Waals surface area contributed by atoms with E-state index in [0.717, 1.165) is 32.5 Å². The Hall–Kier alpha value is -0.160. The second-order valence-corrected chi connectivity index (χ2v) is 4.07. The number of ether oxygens (including phenoxy) is 2. The highest BCUT2D eigenvalue weighted by molar-refractivity contribution is 4.66. The predicted molar refractivity (Wildman–Crippen MR) is 59.0 cm³/mol. The summed E-state index contributed by atoms with van der Waals surface area (Å²) in [5.41, 5.74) is 0. The van der Waals surface area contributed by atoms with Gasteiger partial charge in [0.15, 0.2) is 0 Å². The topological polar surface area (TPSA) is 50.7 Å². The molecule has 1 saturated heterocycles. The Kier molecular flexibility index (Phi) is 6.92. The maximum absolute atomic E-state index is 9.37. The normalized spacial score (nSPS) is 23.2. The standard InChI is InChI=1S/C11H23NO3/c1-14-9-10(13)4-6-12-7-5-11-3-2-8-15-11/h10-13H,2-9H2,1H3. The number of nitrogens with one attached hydrogen (secondary N) is 1. The van der Waals surface area contributed by atoms with Crippen molar-refractivity contribution in [3.63, 3.8) is 0 Å². The van der Waals surface area contributed by atoms with Crippen molar-refractivity contribution in [3.8, 4) is 0 Å². The lowest BCUT2D eigenvalue weighted by molar-refractivity contribution is 0.0590. The summed E-state index contributed by atoms with van der Waals surface area (Å²) in [6.45, 7) is 3.17. The van der Waals surface area contributed by atoms with Crippen molar-refractivity contribution in [2.45, 2.75) is 37.9 Å². The molecule has 4 nitrogen and oxygen atoms in total. The zero-order chi connectivity index (χ0) is 10.9. The molecule has 0 aromatic rings. The van der Waals surface area contributed by atoms with E-state index in [1.807, 2.05) is 0 Å². The summed E-state index contributed by atoms with van der Waals surface area (Å²) < 4.78 is 10.4. The number of hydrogen-bond donors (Lipinski definition) is 2. The molecule has 1 aliphatic rings. The molecule has 1 rings (SSSR count). The third kappa shape index (κ3) is 6.10. The fraction of sp³-hybridized carbons (Fsp3) is 1.00. The van der Waals surface area contributed by atoms with Crippen molar-refractivity contribution in [1.29, 1.82) is 0 Å². The van der Waals surface area contributed by atoms with Gasteiger partial charge in [0.25, 0.3) is 0 Å². The molecule has 0 aromatic carbocycles. The number of rotatable bonds is 8. The van der Waals surface area contributed by atoms with Gasteiger partial charge >= 0.3 is 0 Å². The quantitative estimate of drug-likeness (QED) is 0.583. The van der Waals surface area contributed by atoms with Crippen LogP contribution in [-0.2, 0) is 9.47 Å². The van der Waals surface area contributed by atoms with Crippen LogP contribution in [0.5, 0.6) is 0 Å². The van der Waals surface area contributed by atoms with Gasteiger partial charge in [-0.25, -0.2) is 0 Å². The van der Waals surface area contributed by atoms with Crippen LogP contribution in [0.1, 0.15) is 25.7 Å². The van der Waals surface area contributed by atoms with Gasteiger partial charge in [-0.3, -0.25) is 0 Å². The van der Waals surface area contributed by atoms with E-state index in [1.54, 1.807) is 7.11 Å². The van der Waals surface area contributed by atoms with E-state index >= 15 is 0 Å². The first-order valence-corrected chi connectivity index (χ1v) is 5.82. The fourth-order valence-corrected chi connectivity index (χ4v) is 1.80. The second-order valence-electron chi connectivity index (χ2n) is 4.07. The van der Waals surface area contributed by atoms with Crippen LogP contribution in [0.25, 0.3) is 0 Å². The van der Waals surface area contributed by atoms with Gasteiger partial charge in [-0.2, -0.15) is 0 Å². The van der Waals surface area contributed by atoms with E-state index in [0.29, 0.717) is 12.7 Å². The van der Waals surface area contributed by atoms with Gasteiger partial charge in [-0.15, -0.1) is 0 Å². The molecule has 4 heteroatoms. The number of methoxy groups -OCH3 is 1. The van der Waals surface area contributed by atoms with Crippen LogP contribution in [0.15, 0.2) is 0 Å². The van der Waals surface area contributed by atoms with Crippen molar-refractivity contribution in [2.24, 2.45) is 0 Å². The van der Waals surface area contributed by atoms with Crippen molar-refractivity contribution >= 4 is 0 Å². The molecule has 0 aromatic heterocycles. The molecule has 0 aliphatic carbocycles. The lowest BCUT2D eigenvalue weighted by Crippen LogP contribution is -2.25. The zero-order valence-corrected chi connectivity index (χ0v) is 9.58. The second kappa shape index (κ2) is 8.05. The zero-order valence-electron chi connectivity index (χ0n) is 9.58. The molecule has 0 bridgehead atoms.